The van der Waals surface area contributed by atoms with Crippen molar-refractivity contribution in [2.75, 3.05) is 5.32 Å². The van der Waals surface area contributed by atoms with Crippen LogP contribution < -0.4 is 5.32 Å². The molecule has 0 amide bonds. The quantitative estimate of drug-likeness (QED) is 0.191. The second-order valence-corrected chi connectivity index (χ2v) is 14.6. The predicted molar refractivity (Wildman–Crippen MR) is 204 cm³/mol. The molecule has 0 spiro atoms. The van der Waals surface area contributed by atoms with Gasteiger partial charge >= 0.3 is 0 Å². The Morgan fingerprint density at radius 2 is 1.04 bits per heavy atom. The summed E-state index contributed by atoms with van der Waals surface area (Å²) in [5, 5.41) is 16.3. The molecule has 4 heterocycles. The molecule has 0 saturated carbocycles. The fraction of sp³-hybridized carbons (Fsp3) is 0.0238. The van der Waals surface area contributed by atoms with Crippen molar-refractivity contribution in [3.8, 4) is 0 Å². The van der Waals surface area contributed by atoms with Gasteiger partial charge in [0.15, 0.2) is 0 Å². The first-order valence-electron chi connectivity index (χ1n) is 15.9. The second-order valence-electron chi connectivity index (χ2n) is 12.4. The normalized spacial score (nSPS) is 14.9. The van der Waals surface area contributed by atoms with Crippen LogP contribution in [0, 0.1) is 0 Å². The molecular formula is C42H25N3S2. The van der Waals surface area contributed by atoms with E-state index in [1.165, 1.54) is 79.2 Å². The van der Waals surface area contributed by atoms with Gasteiger partial charge in [-0.2, -0.15) is 0 Å². The lowest BCUT2D eigenvalue weighted by atomic mass is 10.0. The fourth-order valence-electron chi connectivity index (χ4n) is 7.60. The van der Waals surface area contributed by atoms with Crippen molar-refractivity contribution in [1.29, 1.82) is 0 Å². The molecule has 3 nitrogen and oxygen atoms in total. The van der Waals surface area contributed by atoms with Crippen LogP contribution in [0.3, 0.4) is 0 Å². The van der Waals surface area contributed by atoms with Crippen LogP contribution in [0.25, 0.3) is 73.6 Å². The van der Waals surface area contributed by atoms with E-state index >= 15 is 0 Å². The highest BCUT2D eigenvalue weighted by Crippen LogP contribution is 2.48. The molecule has 11 rings (SSSR count). The average Bonchev–Trinajstić information content (AvgIpc) is 3.77. The smallest absolute Gasteiger partial charge is 0.142 e. The lowest BCUT2D eigenvalue weighted by molar-refractivity contribution is 0.972. The van der Waals surface area contributed by atoms with Crippen LogP contribution in [-0.4, -0.2) is 10.4 Å². The lowest BCUT2D eigenvalue weighted by Gasteiger charge is -2.28. The molecule has 1 aliphatic heterocycles. The van der Waals surface area contributed by atoms with E-state index in [4.69, 9.17) is 4.99 Å². The number of aromatic nitrogens is 1. The van der Waals surface area contributed by atoms with E-state index in [2.05, 4.69) is 149 Å². The number of hydrogen-bond acceptors (Lipinski definition) is 4. The zero-order chi connectivity index (χ0) is 30.6. The second kappa shape index (κ2) is 9.52. The van der Waals surface area contributed by atoms with E-state index in [0.717, 1.165) is 16.5 Å². The van der Waals surface area contributed by atoms with Gasteiger partial charge in [0.2, 0.25) is 0 Å². The summed E-state index contributed by atoms with van der Waals surface area (Å²) in [6, 6.07) is 51.0. The standard InChI is InChI=1S/C42H25N3S2/c1-3-11-26-21-34-32(19-24(26)9-1)33-20-25-10-2-4-12-27(25)22-35(33)45(34)41-39(43-40-31-14-6-8-16-37(31)47-42(40)44-41)28-17-18-30-29-13-5-7-15-36(29)46-38(30)23-28/h1-23,39,43H. The number of aliphatic imine (C=N–C) groups is 1. The Labute approximate surface area is 277 Å². The average molecular weight is 636 g/mol. The third-order valence-corrected chi connectivity index (χ3v) is 12.0. The zero-order valence-electron chi connectivity index (χ0n) is 25.1. The molecule has 0 fully saturated rings. The molecular weight excluding hydrogens is 611 g/mol. The molecule has 0 aliphatic carbocycles. The van der Waals surface area contributed by atoms with Crippen LogP contribution in [0.4, 0.5) is 10.7 Å². The third kappa shape index (κ3) is 3.70. The summed E-state index contributed by atoms with van der Waals surface area (Å²) in [6.45, 7) is 0. The number of fused-ring (bicyclic) bond motifs is 11. The monoisotopic (exact) mass is 635 g/mol. The van der Waals surface area contributed by atoms with E-state index in [1.807, 2.05) is 11.3 Å². The molecule has 0 radical (unpaired) electrons. The van der Waals surface area contributed by atoms with Crippen LogP contribution in [0.5, 0.6) is 0 Å². The zero-order valence-corrected chi connectivity index (χ0v) is 26.7. The highest BCUT2D eigenvalue weighted by molar-refractivity contribution is 7.25. The minimum atomic E-state index is -0.160. The molecule has 3 aromatic heterocycles. The van der Waals surface area contributed by atoms with Gasteiger partial charge in [0, 0.05) is 41.0 Å². The van der Waals surface area contributed by atoms with Gasteiger partial charge in [-0.05, 0) is 69.6 Å². The van der Waals surface area contributed by atoms with E-state index in [1.54, 1.807) is 11.3 Å². The molecule has 5 heteroatoms. The summed E-state index contributed by atoms with van der Waals surface area (Å²) in [4.78, 5) is 5.61. The Kier molecular flexibility index (Phi) is 5.20. The van der Waals surface area contributed by atoms with Crippen LogP contribution >= 0.6 is 22.7 Å². The number of rotatable bonds is 1. The fourth-order valence-corrected chi connectivity index (χ4v) is 9.80. The summed E-state index contributed by atoms with van der Waals surface area (Å²) < 4.78 is 6.29. The molecule has 0 bridgehead atoms. The highest BCUT2D eigenvalue weighted by Gasteiger charge is 2.31. The van der Waals surface area contributed by atoms with E-state index in [-0.39, 0.29) is 6.04 Å². The summed E-state index contributed by atoms with van der Waals surface area (Å²) >= 11 is 3.62. The number of hydrogen-bond donors (Lipinski definition) is 1. The minimum absolute atomic E-state index is 0.160. The first-order valence-corrected chi connectivity index (χ1v) is 17.5. The molecule has 1 aliphatic rings. The van der Waals surface area contributed by atoms with Crippen LogP contribution in [0.15, 0.2) is 145 Å². The Morgan fingerprint density at radius 1 is 0.489 bits per heavy atom. The maximum atomic E-state index is 5.61. The molecule has 1 N–H and O–H groups in total. The van der Waals surface area contributed by atoms with Gasteiger partial charge in [0.25, 0.3) is 0 Å². The van der Waals surface area contributed by atoms with Crippen LogP contribution in [-0.2, 0) is 0 Å². The number of benzene rings is 7. The van der Waals surface area contributed by atoms with Gasteiger partial charge in [0.1, 0.15) is 16.9 Å². The molecule has 47 heavy (non-hydrogen) atoms. The molecule has 0 saturated heterocycles. The minimum Gasteiger partial charge on any atom is -0.369 e. The maximum Gasteiger partial charge on any atom is 0.142 e. The number of nitrogens with one attached hydrogen (secondary N) is 1. The topological polar surface area (TPSA) is 29.3 Å². The Bertz CT molecular complexity index is 2860. The summed E-state index contributed by atoms with van der Waals surface area (Å²) in [5.74, 6) is 0.995. The summed E-state index contributed by atoms with van der Waals surface area (Å²) in [5.41, 5.74) is 4.67. The predicted octanol–water partition coefficient (Wildman–Crippen LogP) is 12.4. The van der Waals surface area contributed by atoms with E-state index < -0.39 is 0 Å². The number of anilines is 1. The van der Waals surface area contributed by atoms with Crippen molar-refractivity contribution < 1.29 is 0 Å². The van der Waals surface area contributed by atoms with Gasteiger partial charge in [-0.3, -0.25) is 4.57 Å². The largest absolute Gasteiger partial charge is 0.369 e. The van der Waals surface area contributed by atoms with Gasteiger partial charge in [-0.15, -0.1) is 22.7 Å². The van der Waals surface area contributed by atoms with E-state index in [9.17, 15) is 0 Å². The Balaban J connectivity index is 1.25. The first kappa shape index (κ1) is 25.7. The molecule has 220 valence electrons. The number of nitrogens with zero attached hydrogens (tertiary/aromatic N) is 2. The van der Waals surface area contributed by atoms with Gasteiger partial charge in [0.05, 0.1) is 16.7 Å². The van der Waals surface area contributed by atoms with Gasteiger partial charge < -0.3 is 5.32 Å². The Hall–Kier alpha value is -5.49. The first-order chi connectivity index (χ1) is 23.3. The maximum absolute atomic E-state index is 5.61. The summed E-state index contributed by atoms with van der Waals surface area (Å²) in [6.07, 6.45) is 0. The lowest BCUT2D eigenvalue weighted by Crippen LogP contribution is -2.29. The summed E-state index contributed by atoms with van der Waals surface area (Å²) in [7, 11) is 0. The highest BCUT2D eigenvalue weighted by atomic mass is 32.1. The molecule has 10 aromatic rings. The van der Waals surface area contributed by atoms with E-state index in [0.29, 0.717) is 0 Å². The van der Waals surface area contributed by atoms with Crippen molar-refractivity contribution in [3.05, 3.63) is 145 Å². The van der Waals surface area contributed by atoms with Crippen molar-refractivity contribution in [3.63, 3.8) is 0 Å². The van der Waals surface area contributed by atoms with Crippen molar-refractivity contribution >= 4 is 113 Å². The molecule has 1 unspecified atom stereocenters. The van der Waals surface area contributed by atoms with Crippen LogP contribution in [0.1, 0.15) is 11.6 Å². The SMILES string of the molecule is c1ccc2cc3c(cc2c1)c1cc2ccccc2cc1n3C1=Nc2sc3ccccc3c2NC1c1ccc2c(c1)sc1ccccc12. The number of thiophene rings is 2. The Morgan fingerprint density at radius 3 is 1.72 bits per heavy atom. The van der Waals surface area contributed by atoms with Crippen molar-refractivity contribution in [2.24, 2.45) is 4.99 Å². The van der Waals surface area contributed by atoms with Crippen LogP contribution in [0.2, 0.25) is 0 Å². The van der Waals surface area contributed by atoms with Gasteiger partial charge in [-0.1, -0.05) is 97.1 Å². The van der Waals surface area contributed by atoms with Crippen molar-refractivity contribution in [2.45, 2.75) is 6.04 Å². The molecule has 1 atom stereocenters. The molecule has 7 aromatic carbocycles. The van der Waals surface area contributed by atoms with Crippen molar-refractivity contribution in [1.82, 2.24) is 4.57 Å². The third-order valence-electron chi connectivity index (χ3n) is 9.81. The van der Waals surface area contributed by atoms with Gasteiger partial charge in [-0.25, -0.2) is 4.99 Å².